The van der Waals surface area contributed by atoms with Gasteiger partial charge in [0.15, 0.2) is 5.96 Å². The van der Waals surface area contributed by atoms with Crippen molar-refractivity contribution in [3.05, 3.63) is 35.6 Å². The molecular formula is C19H32FIN4O. The monoisotopic (exact) mass is 478 g/mol. The van der Waals surface area contributed by atoms with E-state index < -0.39 is 0 Å². The summed E-state index contributed by atoms with van der Waals surface area (Å²) in [5.74, 6) is 0.618. The molecule has 0 aliphatic carbocycles. The minimum Gasteiger partial charge on any atom is -0.379 e. The number of hydrogen-bond donors (Lipinski definition) is 2. The van der Waals surface area contributed by atoms with Crippen LogP contribution in [0.4, 0.5) is 4.39 Å². The molecule has 0 radical (unpaired) electrons. The first kappa shape index (κ1) is 23.1. The second-order valence-corrected chi connectivity index (χ2v) is 6.97. The quantitative estimate of drug-likeness (QED) is 0.360. The zero-order valence-electron chi connectivity index (χ0n) is 16.1. The Hall–Kier alpha value is -0.930. The van der Waals surface area contributed by atoms with Crippen molar-refractivity contribution in [2.75, 3.05) is 52.5 Å². The summed E-state index contributed by atoms with van der Waals surface area (Å²) in [7, 11) is 0. The maximum absolute atomic E-state index is 13.1. The molecule has 0 bridgehead atoms. The molecule has 1 aromatic rings. The van der Waals surface area contributed by atoms with Gasteiger partial charge in [-0.2, -0.15) is 0 Å². The Balaban J connectivity index is 0.00000338. The number of benzene rings is 1. The van der Waals surface area contributed by atoms with Crippen LogP contribution in [0.5, 0.6) is 0 Å². The average Bonchev–Trinajstić information content (AvgIpc) is 2.61. The van der Waals surface area contributed by atoms with Crippen molar-refractivity contribution in [1.82, 2.24) is 15.5 Å². The molecule has 0 unspecified atom stereocenters. The van der Waals surface area contributed by atoms with Crippen molar-refractivity contribution >= 4 is 29.9 Å². The molecule has 1 aliphatic heterocycles. The average molecular weight is 478 g/mol. The second-order valence-electron chi connectivity index (χ2n) is 6.97. The maximum atomic E-state index is 13.1. The first-order chi connectivity index (χ1) is 12.0. The van der Waals surface area contributed by atoms with Crippen LogP contribution >= 0.6 is 24.0 Å². The van der Waals surface area contributed by atoms with Crippen LogP contribution in [0.1, 0.15) is 26.3 Å². The largest absolute Gasteiger partial charge is 0.379 e. The van der Waals surface area contributed by atoms with Gasteiger partial charge >= 0.3 is 0 Å². The molecule has 1 saturated heterocycles. The van der Waals surface area contributed by atoms with Crippen LogP contribution in [0.15, 0.2) is 29.3 Å². The number of nitrogens with one attached hydrogen (secondary N) is 2. The number of aliphatic imine (C=N–C) groups is 1. The fourth-order valence-electron chi connectivity index (χ4n) is 2.77. The van der Waals surface area contributed by atoms with Crippen LogP contribution in [0, 0.1) is 5.82 Å². The van der Waals surface area contributed by atoms with E-state index in [9.17, 15) is 4.39 Å². The first-order valence-corrected chi connectivity index (χ1v) is 9.09. The van der Waals surface area contributed by atoms with E-state index in [4.69, 9.17) is 9.73 Å². The Morgan fingerprint density at radius 2 is 1.85 bits per heavy atom. The van der Waals surface area contributed by atoms with Gasteiger partial charge in [0.2, 0.25) is 0 Å². The Labute approximate surface area is 173 Å². The van der Waals surface area contributed by atoms with Crippen LogP contribution in [0.3, 0.4) is 0 Å². The minimum absolute atomic E-state index is 0. The molecule has 0 atom stereocenters. The summed E-state index contributed by atoms with van der Waals surface area (Å²) in [5, 5.41) is 6.69. The molecule has 0 saturated carbocycles. The molecule has 1 aliphatic rings. The molecule has 5 nitrogen and oxygen atoms in total. The lowest BCUT2D eigenvalue weighted by molar-refractivity contribution is 0.0389. The van der Waals surface area contributed by atoms with Crippen LogP contribution in [-0.2, 0) is 10.2 Å². The highest BCUT2D eigenvalue weighted by atomic mass is 127. The smallest absolute Gasteiger partial charge is 0.191 e. The van der Waals surface area contributed by atoms with Crippen molar-refractivity contribution in [2.45, 2.75) is 26.2 Å². The maximum Gasteiger partial charge on any atom is 0.191 e. The molecule has 0 spiro atoms. The van der Waals surface area contributed by atoms with Crippen LogP contribution < -0.4 is 10.6 Å². The molecule has 2 N–H and O–H groups in total. The van der Waals surface area contributed by atoms with Crippen molar-refractivity contribution < 1.29 is 9.13 Å². The van der Waals surface area contributed by atoms with Gasteiger partial charge in [-0.1, -0.05) is 26.0 Å². The zero-order chi connectivity index (χ0) is 18.1. The van der Waals surface area contributed by atoms with E-state index in [0.717, 1.165) is 57.5 Å². The predicted octanol–water partition coefficient (Wildman–Crippen LogP) is 2.61. The molecule has 0 amide bonds. The van der Waals surface area contributed by atoms with E-state index in [1.807, 2.05) is 12.1 Å². The van der Waals surface area contributed by atoms with Gasteiger partial charge in [0.25, 0.3) is 0 Å². The molecule has 26 heavy (non-hydrogen) atoms. The molecule has 2 rings (SSSR count). The van der Waals surface area contributed by atoms with Crippen molar-refractivity contribution in [2.24, 2.45) is 4.99 Å². The number of halogens is 2. The van der Waals surface area contributed by atoms with Gasteiger partial charge < -0.3 is 15.4 Å². The number of morpholine rings is 1. The van der Waals surface area contributed by atoms with E-state index in [1.54, 1.807) is 0 Å². The van der Waals surface area contributed by atoms with Gasteiger partial charge in [-0.25, -0.2) is 4.39 Å². The SMILES string of the molecule is CCNC(=NCC(C)(C)c1ccc(F)cc1)NCCN1CCOCC1.I. The summed E-state index contributed by atoms with van der Waals surface area (Å²) in [6, 6.07) is 6.69. The zero-order valence-corrected chi connectivity index (χ0v) is 18.4. The predicted molar refractivity (Wildman–Crippen MR) is 116 cm³/mol. The van der Waals surface area contributed by atoms with Gasteiger partial charge in [-0.05, 0) is 24.6 Å². The summed E-state index contributed by atoms with van der Waals surface area (Å²) >= 11 is 0. The number of guanidine groups is 1. The summed E-state index contributed by atoms with van der Waals surface area (Å²) in [4.78, 5) is 7.12. The third-order valence-electron chi connectivity index (χ3n) is 4.43. The lowest BCUT2D eigenvalue weighted by Gasteiger charge is -2.27. The highest BCUT2D eigenvalue weighted by Crippen LogP contribution is 2.23. The standard InChI is InChI=1S/C19H31FN4O.HI/c1-4-21-18(22-9-10-24-11-13-25-14-12-24)23-15-19(2,3)16-5-7-17(20)8-6-16;/h5-8H,4,9-15H2,1-3H3,(H2,21,22,23);1H. The minimum atomic E-state index is -0.207. The Morgan fingerprint density at radius 1 is 1.19 bits per heavy atom. The second kappa shape index (κ2) is 11.7. The molecule has 0 aromatic heterocycles. The fraction of sp³-hybridized carbons (Fsp3) is 0.632. The van der Waals surface area contributed by atoms with E-state index in [0.29, 0.717) is 6.54 Å². The molecule has 7 heteroatoms. The van der Waals surface area contributed by atoms with Crippen LogP contribution in [0.2, 0.25) is 0 Å². The molecule has 1 fully saturated rings. The normalized spacial score (nSPS) is 16.1. The fourth-order valence-corrected chi connectivity index (χ4v) is 2.77. The third kappa shape index (κ3) is 7.75. The molecule has 148 valence electrons. The highest BCUT2D eigenvalue weighted by Gasteiger charge is 2.20. The Kier molecular flexibility index (Phi) is 10.4. The van der Waals surface area contributed by atoms with Crippen molar-refractivity contribution in [1.29, 1.82) is 0 Å². The first-order valence-electron chi connectivity index (χ1n) is 9.09. The number of hydrogen-bond acceptors (Lipinski definition) is 3. The van der Waals surface area contributed by atoms with Crippen molar-refractivity contribution in [3.8, 4) is 0 Å². The van der Waals surface area contributed by atoms with Crippen LogP contribution in [-0.4, -0.2) is 63.3 Å². The summed E-state index contributed by atoms with van der Waals surface area (Å²) < 4.78 is 18.5. The van der Waals surface area contributed by atoms with Gasteiger partial charge in [0, 0.05) is 38.1 Å². The van der Waals surface area contributed by atoms with Crippen LogP contribution in [0.25, 0.3) is 0 Å². The third-order valence-corrected chi connectivity index (χ3v) is 4.43. The summed E-state index contributed by atoms with van der Waals surface area (Å²) in [5.41, 5.74) is 0.932. The number of nitrogens with zero attached hydrogens (tertiary/aromatic N) is 2. The molecule has 1 aromatic carbocycles. The Morgan fingerprint density at radius 3 is 2.46 bits per heavy atom. The van der Waals surface area contributed by atoms with Gasteiger partial charge in [-0.3, -0.25) is 9.89 Å². The Bertz CT molecular complexity index is 545. The molecule has 1 heterocycles. The van der Waals surface area contributed by atoms with Gasteiger partial charge in [0.05, 0.1) is 19.8 Å². The highest BCUT2D eigenvalue weighted by molar-refractivity contribution is 14.0. The summed E-state index contributed by atoms with van der Waals surface area (Å²) in [6.45, 7) is 13.2. The van der Waals surface area contributed by atoms with E-state index in [-0.39, 0.29) is 35.2 Å². The number of ether oxygens (including phenoxy) is 1. The van der Waals surface area contributed by atoms with Crippen molar-refractivity contribution in [3.63, 3.8) is 0 Å². The lowest BCUT2D eigenvalue weighted by atomic mass is 9.85. The number of rotatable bonds is 7. The lowest BCUT2D eigenvalue weighted by Crippen LogP contribution is -2.44. The molecular weight excluding hydrogens is 446 g/mol. The van der Waals surface area contributed by atoms with E-state index >= 15 is 0 Å². The van der Waals surface area contributed by atoms with E-state index in [1.165, 1.54) is 12.1 Å². The van der Waals surface area contributed by atoms with Gasteiger partial charge in [0.1, 0.15) is 5.82 Å². The van der Waals surface area contributed by atoms with Gasteiger partial charge in [-0.15, -0.1) is 24.0 Å². The topological polar surface area (TPSA) is 48.9 Å². The van der Waals surface area contributed by atoms with E-state index in [2.05, 4.69) is 36.3 Å². The summed E-state index contributed by atoms with van der Waals surface area (Å²) in [6.07, 6.45) is 0.